The van der Waals surface area contributed by atoms with Crippen LogP contribution < -0.4 is 10.2 Å². The number of carbonyl (C=O) groups excluding carboxylic acids is 1. The molecule has 2 aromatic carbocycles. The van der Waals surface area contributed by atoms with Gasteiger partial charge in [-0.3, -0.25) is 4.79 Å². The Morgan fingerprint density at radius 1 is 1.04 bits per heavy atom. The van der Waals surface area contributed by atoms with Gasteiger partial charge in [0.25, 0.3) is 5.91 Å². The van der Waals surface area contributed by atoms with Crippen molar-refractivity contribution in [3.8, 4) is 10.6 Å². The molecule has 4 nitrogen and oxygen atoms in total. The predicted molar refractivity (Wildman–Crippen MR) is 114 cm³/mol. The van der Waals surface area contributed by atoms with E-state index in [1.807, 2.05) is 37.3 Å². The standard InChI is InChI=1S/C23H25N3OS/c1-17-21(28-23(25-17)18-9-3-2-4-10-18)22(27)24-15-19-11-5-6-12-20(19)16-26-13-7-8-14-26/h2-6,9-12H,7-8,13-16H2,1H3,(H,24,27)/p+1. The molecule has 1 saturated heterocycles. The Hall–Kier alpha value is -2.50. The van der Waals surface area contributed by atoms with E-state index in [1.54, 1.807) is 4.90 Å². The molecular formula is C23H26N3OS+. The summed E-state index contributed by atoms with van der Waals surface area (Å²) < 4.78 is 0. The minimum Gasteiger partial charge on any atom is -0.347 e. The number of likely N-dealkylation sites (tertiary alicyclic amines) is 1. The lowest BCUT2D eigenvalue weighted by atomic mass is 10.1. The van der Waals surface area contributed by atoms with Crippen LogP contribution in [0.4, 0.5) is 0 Å². The smallest absolute Gasteiger partial charge is 0.263 e. The summed E-state index contributed by atoms with van der Waals surface area (Å²) in [4.78, 5) is 19.7. The zero-order valence-corrected chi connectivity index (χ0v) is 17.0. The van der Waals surface area contributed by atoms with E-state index in [-0.39, 0.29) is 5.91 Å². The van der Waals surface area contributed by atoms with E-state index in [2.05, 4.69) is 34.6 Å². The molecule has 0 radical (unpaired) electrons. The quantitative estimate of drug-likeness (QED) is 0.677. The predicted octanol–water partition coefficient (Wildman–Crippen LogP) is 3.23. The second-order valence-corrected chi connectivity index (χ2v) is 8.38. The molecular weight excluding hydrogens is 366 g/mol. The third kappa shape index (κ3) is 4.32. The molecule has 1 aliphatic rings. The average molecular weight is 393 g/mol. The number of benzene rings is 2. The maximum atomic E-state index is 12.8. The summed E-state index contributed by atoms with van der Waals surface area (Å²) in [5, 5.41) is 4.00. The van der Waals surface area contributed by atoms with E-state index in [1.165, 1.54) is 48.4 Å². The van der Waals surface area contributed by atoms with Gasteiger partial charge in [0.1, 0.15) is 16.4 Å². The van der Waals surface area contributed by atoms with Crippen LogP contribution in [0.1, 0.15) is 39.3 Å². The van der Waals surface area contributed by atoms with Crippen molar-refractivity contribution in [1.82, 2.24) is 10.3 Å². The summed E-state index contributed by atoms with van der Waals surface area (Å²) in [6.45, 7) is 6.01. The summed E-state index contributed by atoms with van der Waals surface area (Å²) in [6, 6.07) is 18.5. The molecule has 3 aromatic rings. The fourth-order valence-electron chi connectivity index (χ4n) is 3.79. The van der Waals surface area contributed by atoms with Crippen LogP contribution >= 0.6 is 11.3 Å². The van der Waals surface area contributed by atoms with Gasteiger partial charge in [0.2, 0.25) is 0 Å². The summed E-state index contributed by atoms with van der Waals surface area (Å²) in [6.07, 6.45) is 2.64. The van der Waals surface area contributed by atoms with Crippen LogP contribution in [0.2, 0.25) is 0 Å². The van der Waals surface area contributed by atoms with Gasteiger partial charge in [-0.15, -0.1) is 11.3 Å². The number of nitrogens with one attached hydrogen (secondary N) is 2. The first-order valence-corrected chi connectivity index (χ1v) is 10.7. The van der Waals surface area contributed by atoms with Crippen LogP contribution in [0, 0.1) is 6.92 Å². The Morgan fingerprint density at radius 2 is 1.71 bits per heavy atom. The molecule has 2 heterocycles. The van der Waals surface area contributed by atoms with Gasteiger partial charge in [-0.2, -0.15) is 0 Å². The zero-order valence-electron chi connectivity index (χ0n) is 16.2. The highest BCUT2D eigenvalue weighted by atomic mass is 32.1. The SMILES string of the molecule is Cc1nc(-c2ccccc2)sc1C(=O)NCc1ccccc1C[NH+]1CCCC1. The van der Waals surface area contributed by atoms with Gasteiger partial charge >= 0.3 is 0 Å². The lowest BCUT2D eigenvalue weighted by molar-refractivity contribution is -0.901. The molecule has 0 bridgehead atoms. The van der Waals surface area contributed by atoms with Crippen LogP contribution in [0.5, 0.6) is 0 Å². The van der Waals surface area contributed by atoms with Crippen molar-refractivity contribution in [2.24, 2.45) is 0 Å². The molecule has 0 saturated carbocycles. The van der Waals surface area contributed by atoms with E-state index in [4.69, 9.17) is 0 Å². The largest absolute Gasteiger partial charge is 0.347 e. The molecule has 4 rings (SSSR count). The maximum absolute atomic E-state index is 12.8. The number of aryl methyl sites for hydroxylation is 1. The van der Waals surface area contributed by atoms with Gasteiger partial charge in [-0.05, 0) is 12.5 Å². The number of carbonyl (C=O) groups is 1. The lowest BCUT2D eigenvalue weighted by Crippen LogP contribution is -3.08. The maximum Gasteiger partial charge on any atom is 0.263 e. The second-order valence-electron chi connectivity index (χ2n) is 7.38. The Bertz CT molecular complexity index is 945. The molecule has 1 aliphatic heterocycles. The molecule has 1 fully saturated rings. The Labute approximate surface area is 170 Å². The van der Waals surface area contributed by atoms with Crippen molar-refractivity contribution < 1.29 is 9.69 Å². The van der Waals surface area contributed by atoms with Gasteiger partial charge in [-0.1, -0.05) is 54.6 Å². The Kier molecular flexibility index (Phi) is 5.84. The highest BCUT2D eigenvalue weighted by Gasteiger charge is 2.19. The summed E-state index contributed by atoms with van der Waals surface area (Å²) in [7, 11) is 0. The first-order valence-electron chi connectivity index (χ1n) is 9.92. The highest BCUT2D eigenvalue weighted by molar-refractivity contribution is 7.17. The third-order valence-corrected chi connectivity index (χ3v) is 6.54. The number of aromatic nitrogens is 1. The van der Waals surface area contributed by atoms with E-state index in [9.17, 15) is 4.79 Å². The molecule has 1 aromatic heterocycles. The molecule has 0 unspecified atom stereocenters. The van der Waals surface area contributed by atoms with Crippen molar-refractivity contribution in [2.45, 2.75) is 32.9 Å². The summed E-state index contributed by atoms with van der Waals surface area (Å²) >= 11 is 1.46. The van der Waals surface area contributed by atoms with Gasteiger partial charge in [0.05, 0.1) is 18.8 Å². The van der Waals surface area contributed by atoms with Crippen LogP contribution in [0.15, 0.2) is 54.6 Å². The highest BCUT2D eigenvalue weighted by Crippen LogP contribution is 2.27. The number of nitrogens with zero attached hydrogens (tertiary/aromatic N) is 1. The van der Waals surface area contributed by atoms with Crippen molar-refractivity contribution in [3.63, 3.8) is 0 Å². The number of quaternary nitrogens is 1. The number of rotatable bonds is 6. The molecule has 0 spiro atoms. The Balaban J connectivity index is 1.44. The van der Waals surface area contributed by atoms with E-state index in [0.29, 0.717) is 11.4 Å². The van der Waals surface area contributed by atoms with Gasteiger partial charge < -0.3 is 10.2 Å². The molecule has 1 amide bonds. The number of hydrogen-bond acceptors (Lipinski definition) is 3. The van der Waals surface area contributed by atoms with Gasteiger partial charge in [0.15, 0.2) is 0 Å². The van der Waals surface area contributed by atoms with Crippen LogP contribution in [0.25, 0.3) is 10.6 Å². The van der Waals surface area contributed by atoms with Gasteiger partial charge in [-0.25, -0.2) is 4.98 Å². The summed E-state index contributed by atoms with van der Waals surface area (Å²) in [5.74, 6) is -0.0412. The number of hydrogen-bond donors (Lipinski definition) is 2. The van der Waals surface area contributed by atoms with Crippen molar-refractivity contribution in [3.05, 3.63) is 76.3 Å². The molecule has 0 aliphatic carbocycles. The summed E-state index contributed by atoms with van der Waals surface area (Å²) in [5.41, 5.74) is 4.39. The van der Waals surface area contributed by atoms with E-state index in [0.717, 1.165) is 22.8 Å². The minimum atomic E-state index is -0.0412. The molecule has 5 heteroatoms. The first kappa shape index (κ1) is 18.8. The average Bonchev–Trinajstić information content (AvgIpc) is 3.37. The fourth-order valence-corrected chi connectivity index (χ4v) is 4.78. The van der Waals surface area contributed by atoms with Crippen molar-refractivity contribution >= 4 is 17.2 Å². The van der Waals surface area contributed by atoms with Crippen molar-refractivity contribution in [2.75, 3.05) is 13.1 Å². The molecule has 28 heavy (non-hydrogen) atoms. The van der Waals surface area contributed by atoms with Crippen LogP contribution in [0.3, 0.4) is 0 Å². The topological polar surface area (TPSA) is 46.4 Å². The third-order valence-electron chi connectivity index (χ3n) is 5.33. The minimum absolute atomic E-state index is 0.0412. The fraction of sp³-hybridized carbons (Fsp3) is 0.304. The van der Waals surface area contributed by atoms with Crippen LogP contribution in [-0.2, 0) is 13.1 Å². The van der Waals surface area contributed by atoms with Gasteiger partial charge in [0, 0.05) is 30.5 Å². The lowest BCUT2D eigenvalue weighted by Gasteiger charge is -2.15. The molecule has 2 N–H and O–H groups in total. The monoisotopic (exact) mass is 392 g/mol. The van der Waals surface area contributed by atoms with E-state index >= 15 is 0 Å². The zero-order chi connectivity index (χ0) is 19.3. The van der Waals surface area contributed by atoms with Crippen molar-refractivity contribution in [1.29, 1.82) is 0 Å². The molecule has 144 valence electrons. The van der Waals surface area contributed by atoms with Crippen LogP contribution in [-0.4, -0.2) is 24.0 Å². The number of thiazole rings is 1. The second kappa shape index (κ2) is 8.67. The molecule has 0 atom stereocenters. The van der Waals surface area contributed by atoms with E-state index < -0.39 is 0 Å². The Morgan fingerprint density at radius 3 is 2.46 bits per heavy atom. The number of amides is 1. The first-order chi connectivity index (χ1) is 13.7. The normalized spacial score (nSPS) is 14.3.